The van der Waals surface area contributed by atoms with Crippen molar-refractivity contribution in [2.24, 2.45) is 11.8 Å². The number of methoxy groups -OCH3 is 4. The maximum absolute atomic E-state index is 10.7. The van der Waals surface area contributed by atoms with Crippen molar-refractivity contribution in [3.05, 3.63) is 23.3 Å². The molecule has 2 aromatic carbocycles. The van der Waals surface area contributed by atoms with Gasteiger partial charge in [-0.15, -0.1) is 0 Å². The lowest BCUT2D eigenvalue weighted by molar-refractivity contribution is 0.328. The van der Waals surface area contributed by atoms with E-state index in [-0.39, 0.29) is 17.2 Å². The SMILES string of the molecule is COc1cc2c(c(OC)c1O)-c1c(cc(O)c(OC)c1OC)CC(C)C(C)C2. The second-order valence-corrected chi connectivity index (χ2v) is 7.35. The number of phenolic OH excluding ortho intramolecular Hbond substituents is 2. The highest BCUT2D eigenvalue weighted by Gasteiger charge is 2.32. The summed E-state index contributed by atoms with van der Waals surface area (Å²) in [7, 11) is 6.06. The van der Waals surface area contributed by atoms with Crippen molar-refractivity contribution in [2.75, 3.05) is 28.4 Å². The van der Waals surface area contributed by atoms with Crippen LogP contribution in [0.4, 0.5) is 0 Å². The molecule has 0 fully saturated rings. The minimum absolute atomic E-state index is 0.0248. The molecule has 28 heavy (non-hydrogen) atoms. The van der Waals surface area contributed by atoms with Crippen LogP contribution < -0.4 is 18.9 Å². The second kappa shape index (κ2) is 7.70. The van der Waals surface area contributed by atoms with Gasteiger partial charge in [-0.05, 0) is 47.9 Å². The van der Waals surface area contributed by atoms with Gasteiger partial charge in [-0.1, -0.05) is 13.8 Å². The summed E-state index contributed by atoms with van der Waals surface area (Å²) >= 11 is 0. The predicted octanol–water partition coefficient (Wildman–Crippen LogP) is 4.17. The Morgan fingerprint density at radius 2 is 1.21 bits per heavy atom. The van der Waals surface area contributed by atoms with Gasteiger partial charge in [0.05, 0.1) is 28.4 Å². The zero-order valence-electron chi connectivity index (χ0n) is 17.3. The summed E-state index contributed by atoms with van der Waals surface area (Å²) in [5.41, 5.74) is 3.40. The molecule has 0 saturated carbocycles. The molecule has 0 bridgehead atoms. The number of fused-ring (bicyclic) bond motifs is 3. The number of hydrogen-bond acceptors (Lipinski definition) is 6. The molecule has 0 amide bonds. The Balaban J connectivity index is 2.49. The van der Waals surface area contributed by atoms with Crippen molar-refractivity contribution in [1.82, 2.24) is 0 Å². The highest BCUT2D eigenvalue weighted by atomic mass is 16.5. The molecule has 0 heterocycles. The van der Waals surface area contributed by atoms with E-state index < -0.39 is 0 Å². The van der Waals surface area contributed by atoms with Crippen molar-refractivity contribution in [1.29, 1.82) is 0 Å². The van der Waals surface area contributed by atoms with Gasteiger partial charge in [0.2, 0.25) is 11.5 Å². The fourth-order valence-corrected chi connectivity index (χ4v) is 4.07. The van der Waals surface area contributed by atoms with Gasteiger partial charge in [0.15, 0.2) is 23.0 Å². The lowest BCUT2D eigenvalue weighted by Crippen LogP contribution is -2.18. The Morgan fingerprint density at radius 3 is 1.71 bits per heavy atom. The third kappa shape index (κ3) is 3.07. The molecule has 6 nitrogen and oxygen atoms in total. The molecule has 2 aromatic rings. The average molecular weight is 388 g/mol. The standard InChI is InChI=1S/C22H28O6/c1-11-7-13-9-15(23)20(26-4)22(28-6)18(13)17-14(8-12(11)2)10-16(25-3)19(24)21(17)27-5/h9-12,23-24H,7-8H2,1-6H3. The second-order valence-electron chi connectivity index (χ2n) is 7.35. The van der Waals surface area contributed by atoms with Gasteiger partial charge in [-0.3, -0.25) is 0 Å². The van der Waals surface area contributed by atoms with Crippen molar-refractivity contribution in [3.8, 4) is 45.6 Å². The summed E-state index contributed by atoms with van der Waals surface area (Å²) in [6.45, 7) is 4.40. The van der Waals surface area contributed by atoms with Crippen LogP contribution in [-0.4, -0.2) is 38.7 Å². The summed E-state index contributed by atoms with van der Waals surface area (Å²) < 4.78 is 22.1. The molecular weight excluding hydrogens is 360 g/mol. The van der Waals surface area contributed by atoms with E-state index in [0.717, 1.165) is 35.1 Å². The van der Waals surface area contributed by atoms with E-state index in [2.05, 4.69) is 13.8 Å². The molecule has 0 radical (unpaired) electrons. The van der Waals surface area contributed by atoms with E-state index in [1.807, 2.05) is 6.07 Å². The molecule has 152 valence electrons. The Morgan fingerprint density at radius 1 is 0.714 bits per heavy atom. The Labute approximate surface area is 165 Å². The molecule has 3 rings (SSSR count). The lowest BCUT2D eigenvalue weighted by atomic mass is 9.77. The van der Waals surface area contributed by atoms with Gasteiger partial charge >= 0.3 is 0 Å². The van der Waals surface area contributed by atoms with E-state index in [0.29, 0.717) is 29.1 Å². The highest BCUT2D eigenvalue weighted by Crippen LogP contribution is 2.55. The Bertz CT molecular complexity index is 890. The molecular formula is C22H28O6. The highest BCUT2D eigenvalue weighted by molar-refractivity contribution is 5.88. The Hall–Kier alpha value is -2.76. The monoisotopic (exact) mass is 388 g/mol. The molecule has 2 N–H and O–H groups in total. The summed E-state index contributed by atoms with van der Waals surface area (Å²) in [6, 6.07) is 3.57. The van der Waals surface area contributed by atoms with Gasteiger partial charge < -0.3 is 29.2 Å². The minimum atomic E-state index is -0.0648. The van der Waals surface area contributed by atoms with Crippen molar-refractivity contribution in [2.45, 2.75) is 26.7 Å². The van der Waals surface area contributed by atoms with E-state index in [1.54, 1.807) is 6.07 Å². The quantitative estimate of drug-likeness (QED) is 0.819. The summed E-state index contributed by atoms with van der Waals surface area (Å²) in [5.74, 6) is 2.07. The normalized spacial score (nSPS) is 18.4. The Kier molecular flexibility index (Phi) is 5.49. The molecule has 2 atom stereocenters. The van der Waals surface area contributed by atoms with Crippen LogP contribution in [0.15, 0.2) is 12.1 Å². The maximum Gasteiger partial charge on any atom is 0.203 e. The molecule has 1 aliphatic carbocycles. The first-order valence-corrected chi connectivity index (χ1v) is 9.31. The number of aromatic hydroxyl groups is 2. The fraction of sp³-hybridized carbons (Fsp3) is 0.455. The van der Waals surface area contributed by atoms with Crippen LogP contribution in [0.2, 0.25) is 0 Å². The zero-order valence-corrected chi connectivity index (χ0v) is 17.3. The topological polar surface area (TPSA) is 77.4 Å². The first-order valence-electron chi connectivity index (χ1n) is 9.31. The number of benzene rings is 2. The van der Waals surface area contributed by atoms with Crippen LogP contribution >= 0.6 is 0 Å². The van der Waals surface area contributed by atoms with Crippen LogP contribution in [0.25, 0.3) is 11.1 Å². The summed E-state index contributed by atoms with van der Waals surface area (Å²) in [6.07, 6.45) is 1.54. The molecule has 2 unspecified atom stereocenters. The first-order chi connectivity index (χ1) is 13.4. The largest absolute Gasteiger partial charge is 0.504 e. The predicted molar refractivity (Wildman–Crippen MR) is 107 cm³/mol. The van der Waals surface area contributed by atoms with Crippen LogP contribution in [-0.2, 0) is 12.8 Å². The number of phenols is 2. The third-order valence-corrected chi connectivity index (χ3v) is 5.74. The first kappa shape index (κ1) is 20.0. The lowest BCUT2D eigenvalue weighted by Gasteiger charge is -2.30. The fourth-order valence-electron chi connectivity index (χ4n) is 4.07. The molecule has 0 aromatic heterocycles. The number of rotatable bonds is 4. The van der Waals surface area contributed by atoms with Gasteiger partial charge in [0, 0.05) is 11.1 Å². The molecule has 6 heteroatoms. The summed E-state index contributed by atoms with van der Waals surface area (Å²) in [5, 5.41) is 21.2. The van der Waals surface area contributed by atoms with Gasteiger partial charge in [0.1, 0.15) is 0 Å². The van der Waals surface area contributed by atoms with E-state index in [4.69, 9.17) is 18.9 Å². The molecule has 0 saturated heterocycles. The van der Waals surface area contributed by atoms with Gasteiger partial charge in [-0.25, -0.2) is 0 Å². The van der Waals surface area contributed by atoms with Crippen molar-refractivity contribution < 1.29 is 29.2 Å². The van der Waals surface area contributed by atoms with Crippen molar-refractivity contribution in [3.63, 3.8) is 0 Å². The van der Waals surface area contributed by atoms with Gasteiger partial charge in [-0.2, -0.15) is 0 Å². The maximum atomic E-state index is 10.7. The average Bonchev–Trinajstić information content (AvgIpc) is 2.67. The van der Waals surface area contributed by atoms with Crippen molar-refractivity contribution >= 4 is 0 Å². The van der Waals surface area contributed by atoms with Gasteiger partial charge in [0.25, 0.3) is 0 Å². The van der Waals surface area contributed by atoms with Crippen LogP contribution in [0.3, 0.4) is 0 Å². The van der Waals surface area contributed by atoms with E-state index in [9.17, 15) is 10.2 Å². The minimum Gasteiger partial charge on any atom is -0.504 e. The van der Waals surface area contributed by atoms with E-state index in [1.165, 1.54) is 28.4 Å². The summed E-state index contributed by atoms with van der Waals surface area (Å²) in [4.78, 5) is 0. The molecule has 1 aliphatic rings. The van der Waals surface area contributed by atoms with E-state index >= 15 is 0 Å². The smallest absolute Gasteiger partial charge is 0.203 e. The zero-order chi connectivity index (χ0) is 20.6. The number of ether oxygens (including phenoxy) is 4. The van der Waals surface area contributed by atoms with Crippen LogP contribution in [0.5, 0.6) is 34.5 Å². The molecule has 0 spiro atoms. The van der Waals surface area contributed by atoms with Crippen LogP contribution in [0.1, 0.15) is 25.0 Å². The third-order valence-electron chi connectivity index (χ3n) is 5.74. The van der Waals surface area contributed by atoms with Crippen LogP contribution in [0, 0.1) is 11.8 Å². The number of hydrogen-bond donors (Lipinski definition) is 2. The molecule has 0 aliphatic heterocycles.